The predicted molar refractivity (Wildman–Crippen MR) is 108 cm³/mol. The fourth-order valence-corrected chi connectivity index (χ4v) is 5.53. The molecule has 0 aliphatic heterocycles. The van der Waals surface area contributed by atoms with Crippen molar-refractivity contribution in [3.63, 3.8) is 0 Å². The fourth-order valence-electron chi connectivity index (χ4n) is 3.88. The highest BCUT2D eigenvalue weighted by Crippen LogP contribution is 2.29. The molecule has 1 fully saturated rings. The molecule has 6 nitrogen and oxygen atoms in total. The van der Waals surface area contributed by atoms with Gasteiger partial charge in [0.2, 0.25) is 10.0 Å². The first-order valence-electron chi connectivity index (χ1n) is 9.70. The smallest absolute Gasteiger partial charge is 0.258 e. The Kier molecular flexibility index (Phi) is 5.47. The number of hydrogen-bond donors (Lipinski definition) is 1. The molecule has 1 aliphatic carbocycles. The van der Waals surface area contributed by atoms with Crippen molar-refractivity contribution in [2.45, 2.75) is 49.6 Å². The van der Waals surface area contributed by atoms with E-state index >= 15 is 0 Å². The van der Waals surface area contributed by atoms with Crippen LogP contribution in [0.4, 0.5) is 4.39 Å². The average Bonchev–Trinajstić information content (AvgIpc) is 2.73. The first kappa shape index (κ1) is 19.7. The van der Waals surface area contributed by atoms with Crippen LogP contribution >= 0.6 is 0 Å². The number of rotatable bonds is 5. The van der Waals surface area contributed by atoms with Crippen LogP contribution in [0, 0.1) is 5.82 Å². The van der Waals surface area contributed by atoms with Crippen molar-refractivity contribution < 1.29 is 12.8 Å². The van der Waals surface area contributed by atoms with Gasteiger partial charge in [-0.25, -0.2) is 17.8 Å². The predicted octanol–water partition coefficient (Wildman–Crippen LogP) is 3.59. The highest BCUT2D eigenvalue weighted by atomic mass is 32.2. The maximum atomic E-state index is 13.4. The summed E-state index contributed by atoms with van der Waals surface area (Å²) in [6, 6.07) is 11.6. The normalized spacial score (nSPS) is 15.8. The highest BCUT2D eigenvalue weighted by molar-refractivity contribution is 7.89. The summed E-state index contributed by atoms with van der Waals surface area (Å²) in [5.41, 5.74) is 0.224. The molecule has 1 heterocycles. The largest absolute Gasteiger partial charge is 0.309 e. The van der Waals surface area contributed by atoms with E-state index < -0.39 is 15.8 Å². The van der Waals surface area contributed by atoms with Gasteiger partial charge in [0.05, 0.1) is 22.3 Å². The van der Waals surface area contributed by atoms with E-state index in [1.807, 2.05) is 0 Å². The summed E-state index contributed by atoms with van der Waals surface area (Å²) in [5, 5.41) is 0.460. The molecule has 0 spiro atoms. The van der Waals surface area contributed by atoms with Gasteiger partial charge in [-0.05, 0) is 49.2 Å². The van der Waals surface area contributed by atoms with Crippen LogP contribution < -0.4 is 5.56 Å². The van der Waals surface area contributed by atoms with Gasteiger partial charge in [-0.3, -0.25) is 4.79 Å². The molecule has 1 N–H and O–H groups in total. The van der Waals surface area contributed by atoms with Crippen LogP contribution in [-0.2, 0) is 16.6 Å². The number of nitrogens with one attached hydrogen (secondary N) is 1. The number of fused-ring (bicyclic) bond motifs is 1. The zero-order valence-corrected chi connectivity index (χ0v) is 16.7. The minimum absolute atomic E-state index is 0.0348. The van der Waals surface area contributed by atoms with Gasteiger partial charge in [-0.1, -0.05) is 31.4 Å². The Morgan fingerprint density at radius 1 is 1.03 bits per heavy atom. The van der Waals surface area contributed by atoms with Gasteiger partial charge in [0.25, 0.3) is 5.56 Å². The van der Waals surface area contributed by atoms with Gasteiger partial charge in [0, 0.05) is 6.04 Å². The first-order chi connectivity index (χ1) is 13.9. The highest BCUT2D eigenvalue weighted by Gasteiger charge is 2.33. The summed E-state index contributed by atoms with van der Waals surface area (Å²) >= 11 is 0. The Morgan fingerprint density at radius 3 is 2.45 bits per heavy atom. The lowest BCUT2D eigenvalue weighted by molar-refractivity contribution is 0.244. The summed E-state index contributed by atoms with van der Waals surface area (Å²) in [7, 11) is -3.88. The molecule has 2 aromatic carbocycles. The van der Waals surface area contributed by atoms with E-state index in [0.717, 1.165) is 44.2 Å². The summed E-state index contributed by atoms with van der Waals surface area (Å²) < 4.78 is 41.5. The second-order valence-electron chi connectivity index (χ2n) is 7.33. The molecule has 3 aromatic rings. The van der Waals surface area contributed by atoms with E-state index in [1.165, 1.54) is 16.4 Å². The maximum absolute atomic E-state index is 13.4. The molecule has 0 amide bonds. The molecule has 1 aliphatic rings. The summed E-state index contributed by atoms with van der Waals surface area (Å²) in [6.07, 6.45) is 4.46. The van der Waals surface area contributed by atoms with Gasteiger partial charge in [-0.15, -0.1) is 0 Å². The molecule has 0 atom stereocenters. The molecular weight excluding hydrogens is 393 g/mol. The Labute approximate surface area is 168 Å². The van der Waals surface area contributed by atoms with Crippen LogP contribution in [0.5, 0.6) is 0 Å². The number of aromatic nitrogens is 2. The van der Waals surface area contributed by atoms with Gasteiger partial charge < -0.3 is 4.98 Å². The van der Waals surface area contributed by atoms with Gasteiger partial charge in [0.1, 0.15) is 11.6 Å². The molecule has 0 unspecified atom stereocenters. The zero-order valence-electron chi connectivity index (χ0n) is 15.8. The Hall–Kier alpha value is -2.58. The molecule has 4 rings (SSSR count). The average molecular weight is 415 g/mol. The third-order valence-corrected chi connectivity index (χ3v) is 7.28. The Morgan fingerprint density at radius 2 is 1.72 bits per heavy atom. The molecule has 0 bridgehead atoms. The molecule has 152 valence electrons. The maximum Gasteiger partial charge on any atom is 0.258 e. The van der Waals surface area contributed by atoms with Crippen molar-refractivity contribution in [2.24, 2.45) is 0 Å². The van der Waals surface area contributed by atoms with E-state index in [9.17, 15) is 17.6 Å². The van der Waals surface area contributed by atoms with Crippen LogP contribution in [0.3, 0.4) is 0 Å². The third kappa shape index (κ3) is 4.09. The Balaban J connectivity index is 1.75. The lowest BCUT2D eigenvalue weighted by atomic mass is 9.95. The van der Waals surface area contributed by atoms with Crippen molar-refractivity contribution in [2.75, 3.05) is 0 Å². The van der Waals surface area contributed by atoms with Gasteiger partial charge >= 0.3 is 0 Å². The Bertz CT molecular complexity index is 1170. The van der Waals surface area contributed by atoms with Crippen molar-refractivity contribution in [1.29, 1.82) is 0 Å². The van der Waals surface area contributed by atoms with E-state index in [1.54, 1.807) is 24.3 Å². The van der Waals surface area contributed by atoms with Crippen molar-refractivity contribution in [1.82, 2.24) is 14.3 Å². The topological polar surface area (TPSA) is 83.1 Å². The number of sulfonamides is 1. The minimum Gasteiger partial charge on any atom is -0.309 e. The zero-order chi connectivity index (χ0) is 20.4. The monoisotopic (exact) mass is 415 g/mol. The quantitative estimate of drug-likeness (QED) is 0.690. The number of aromatic amines is 1. The van der Waals surface area contributed by atoms with Crippen molar-refractivity contribution >= 4 is 20.9 Å². The summed E-state index contributed by atoms with van der Waals surface area (Å²) in [5.74, 6) is -0.196. The SMILES string of the molecule is O=c1[nH]c(CN(C2CCCCC2)S(=O)(=O)c2ccc(F)cc2)nc2ccccc12. The first-order valence-corrected chi connectivity index (χ1v) is 11.1. The second-order valence-corrected chi connectivity index (χ2v) is 9.22. The summed E-state index contributed by atoms with van der Waals surface area (Å²) in [6.45, 7) is -0.0373. The van der Waals surface area contributed by atoms with Crippen LogP contribution in [-0.4, -0.2) is 28.7 Å². The van der Waals surface area contributed by atoms with E-state index in [4.69, 9.17) is 0 Å². The molecule has 8 heteroatoms. The lowest BCUT2D eigenvalue weighted by Crippen LogP contribution is -2.41. The van der Waals surface area contributed by atoms with Gasteiger partial charge in [0.15, 0.2) is 0 Å². The molecule has 1 aromatic heterocycles. The standard InChI is InChI=1S/C21H22FN3O3S/c22-15-10-12-17(13-11-15)29(27,28)25(16-6-2-1-3-7-16)14-20-23-19-9-5-4-8-18(19)21(26)24-20/h4-5,8-13,16H,1-3,6-7,14H2,(H,23,24,26). The molecular formula is C21H22FN3O3S. The van der Waals surface area contributed by atoms with E-state index in [0.29, 0.717) is 16.7 Å². The van der Waals surface area contributed by atoms with Crippen LogP contribution in [0.2, 0.25) is 0 Å². The number of H-pyrrole nitrogens is 1. The minimum atomic E-state index is -3.88. The van der Waals surface area contributed by atoms with Crippen molar-refractivity contribution in [3.05, 3.63) is 70.5 Å². The van der Waals surface area contributed by atoms with Gasteiger partial charge in [-0.2, -0.15) is 4.31 Å². The van der Waals surface area contributed by atoms with Crippen LogP contribution in [0.25, 0.3) is 10.9 Å². The number of halogens is 1. The van der Waals surface area contributed by atoms with Crippen LogP contribution in [0.1, 0.15) is 37.9 Å². The number of nitrogens with zero attached hydrogens (tertiary/aromatic N) is 2. The number of hydrogen-bond acceptors (Lipinski definition) is 4. The lowest BCUT2D eigenvalue weighted by Gasteiger charge is -2.33. The fraction of sp³-hybridized carbons (Fsp3) is 0.333. The number of para-hydroxylation sites is 1. The van der Waals surface area contributed by atoms with E-state index in [2.05, 4.69) is 9.97 Å². The third-order valence-electron chi connectivity index (χ3n) is 5.37. The number of benzene rings is 2. The summed E-state index contributed by atoms with van der Waals surface area (Å²) in [4.78, 5) is 19.6. The van der Waals surface area contributed by atoms with Crippen LogP contribution in [0.15, 0.2) is 58.2 Å². The molecule has 1 saturated carbocycles. The molecule has 29 heavy (non-hydrogen) atoms. The molecule has 0 saturated heterocycles. The van der Waals surface area contributed by atoms with E-state index in [-0.39, 0.29) is 23.0 Å². The van der Waals surface area contributed by atoms with Crippen molar-refractivity contribution in [3.8, 4) is 0 Å². The second kappa shape index (κ2) is 8.04. The molecule has 0 radical (unpaired) electrons.